The van der Waals surface area contributed by atoms with E-state index >= 15 is 0 Å². The van der Waals surface area contributed by atoms with Crippen LogP contribution in [-0.4, -0.2) is 39.2 Å². The molecular formula is C13H23Cl2N5O. The van der Waals surface area contributed by atoms with Gasteiger partial charge in [0.1, 0.15) is 0 Å². The molecule has 2 rings (SSSR count). The fraction of sp³-hybridized carbons (Fsp3) is 0.769. The Morgan fingerprint density at radius 2 is 1.71 bits per heavy atom. The summed E-state index contributed by atoms with van der Waals surface area (Å²) in [6, 6.07) is 0.529. The van der Waals surface area contributed by atoms with Gasteiger partial charge in [0.15, 0.2) is 0 Å². The number of hydrogen-bond donors (Lipinski definition) is 2. The van der Waals surface area contributed by atoms with Crippen molar-refractivity contribution in [3.05, 3.63) is 5.28 Å². The van der Waals surface area contributed by atoms with Gasteiger partial charge in [-0.15, -0.1) is 0 Å². The summed E-state index contributed by atoms with van der Waals surface area (Å²) in [6.45, 7) is 9.01. The van der Waals surface area contributed by atoms with Crippen LogP contribution >= 0.6 is 11.6 Å². The molecule has 1 saturated heterocycles. The lowest BCUT2D eigenvalue weighted by atomic mass is 9.80. The minimum Gasteiger partial charge on any atom is -1.00 e. The molecule has 2 heterocycles. The Morgan fingerprint density at radius 3 is 2.24 bits per heavy atom. The average molecular weight is 336 g/mol. The molecule has 1 aliphatic heterocycles. The monoisotopic (exact) mass is 335 g/mol. The van der Waals surface area contributed by atoms with E-state index in [1.54, 1.807) is 0 Å². The zero-order valence-electron chi connectivity index (χ0n) is 13.1. The molecule has 1 aliphatic rings. The first kappa shape index (κ1) is 18.2. The van der Waals surface area contributed by atoms with Gasteiger partial charge in [0.2, 0.25) is 11.2 Å². The number of piperidine rings is 1. The maximum absolute atomic E-state index is 5.87. The number of halogens is 2. The minimum absolute atomic E-state index is 0. The highest BCUT2D eigenvalue weighted by Crippen LogP contribution is 2.24. The number of anilines is 1. The fourth-order valence-electron chi connectivity index (χ4n) is 3.29. The number of rotatable bonds is 3. The van der Waals surface area contributed by atoms with Gasteiger partial charge in [0.05, 0.1) is 18.2 Å². The molecular weight excluding hydrogens is 313 g/mol. The van der Waals surface area contributed by atoms with Gasteiger partial charge in [-0.2, -0.15) is 15.0 Å². The third-order valence-corrected chi connectivity index (χ3v) is 3.60. The van der Waals surface area contributed by atoms with Crippen molar-refractivity contribution in [1.82, 2.24) is 15.0 Å². The Bertz CT molecular complexity index is 479. The number of hydrogen-bond acceptors (Lipinski definition) is 5. The Labute approximate surface area is 136 Å². The molecule has 1 aromatic heterocycles. The topological polar surface area (TPSA) is 76.5 Å². The number of nitrogens with one attached hydrogen (secondary N) is 1. The van der Waals surface area contributed by atoms with Gasteiger partial charge in [-0.1, -0.05) is 0 Å². The van der Waals surface area contributed by atoms with Crippen LogP contribution in [0.5, 0.6) is 6.01 Å². The highest BCUT2D eigenvalue weighted by atomic mass is 35.5. The average Bonchev–Trinajstić information content (AvgIpc) is 2.23. The van der Waals surface area contributed by atoms with E-state index in [0.29, 0.717) is 12.0 Å². The third kappa shape index (κ3) is 5.13. The Morgan fingerprint density at radius 1 is 1.14 bits per heavy atom. The molecule has 0 unspecified atom stereocenters. The van der Waals surface area contributed by atoms with Gasteiger partial charge in [-0.25, -0.2) is 0 Å². The molecule has 0 saturated carbocycles. The van der Waals surface area contributed by atoms with Gasteiger partial charge in [0.25, 0.3) is 0 Å². The molecule has 1 fully saturated rings. The molecule has 0 bridgehead atoms. The Hall–Kier alpha value is -0.850. The molecule has 0 aromatic carbocycles. The van der Waals surface area contributed by atoms with E-state index in [1.165, 1.54) is 7.11 Å². The molecule has 1 aromatic rings. The quantitative estimate of drug-likeness (QED) is 0.684. The zero-order valence-corrected chi connectivity index (χ0v) is 14.6. The van der Waals surface area contributed by atoms with E-state index in [-0.39, 0.29) is 34.8 Å². The third-order valence-electron chi connectivity index (χ3n) is 3.43. The SMILES string of the molecule is COc1nc(Cl)nc(NC2CC(C)(C)[NH2+]C(C)(C)C2)n1.[Cl-]. The summed E-state index contributed by atoms with van der Waals surface area (Å²) in [5.41, 5.74) is 0.362. The van der Waals surface area contributed by atoms with Crippen molar-refractivity contribution in [1.29, 1.82) is 0 Å². The molecule has 0 amide bonds. The molecule has 0 radical (unpaired) electrons. The predicted octanol–water partition coefficient (Wildman–Crippen LogP) is -1.77. The van der Waals surface area contributed by atoms with Crippen molar-refractivity contribution in [3.8, 4) is 6.01 Å². The first-order chi connectivity index (χ1) is 9.19. The molecule has 0 aliphatic carbocycles. The smallest absolute Gasteiger partial charge is 0.322 e. The van der Waals surface area contributed by atoms with Gasteiger partial charge in [0, 0.05) is 18.9 Å². The van der Waals surface area contributed by atoms with E-state index in [2.05, 4.69) is 53.3 Å². The second-order valence-corrected chi connectivity index (χ2v) is 7.12. The van der Waals surface area contributed by atoms with Crippen LogP contribution in [0.15, 0.2) is 0 Å². The van der Waals surface area contributed by atoms with Crippen molar-refractivity contribution in [2.45, 2.75) is 57.7 Å². The first-order valence-corrected chi connectivity index (χ1v) is 7.16. The summed E-state index contributed by atoms with van der Waals surface area (Å²) in [5, 5.41) is 5.93. The van der Waals surface area contributed by atoms with Crippen molar-refractivity contribution < 1.29 is 22.5 Å². The summed E-state index contributed by atoms with van der Waals surface area (Å²) in [5.74, 6) is 0.473. The lowest BCUT2D eigenvalue weighted by Gasteiger charge is -2.43. The summed E-state index contributed by atoms with van der Waals surface area (Å²) >= 11 is 5.87. The standard InChI is InChI=1S/C13H22ClN5O.ClH/c1-12(2)6-8(7-13(3,4)19-12)15-10-16-9(14)17-11(18-10)20-5;/h8,19H,6-7H2,1-5H3,(H,15,16,17,18);1H. The van der Waals surface area contributed by atoms with Crippen molar-refractivity contribution in [2.24, 2.45) is 0 Å². The number of ether oxygens (including phenoxy) is 1. The summed E-state index contributed by atoms with van der Waals surface area (Å²) in [7, 11) is 1.51. The summed E-state index contributed by atoms with van der Waals surface area (Å²) < 4.78 is 5.01. The van der Waals surface area contributed by atoms with E-state index in [1.807, 2.05) is 0 Å². The van der Waals surface area contributed by atoms with Crippen LogP contribution in [0, 0.1) is 0 Å². The fourth-order valence-corrected chi connectivity index (χ4v) is 3.44. The highest BCUT2D eigenvalue weighted by Gasteiger charge is 2.41. The zero-order chi connectivity index (χ0) is 15.0. The van der Waals surface area contributed by atoms with Crippen LogP contribution in [0.1, 0.15) is 40.5 Å². The normalized spacial score (nSPS) is 20.5. The van der Waals surface area contributed by atoms with Crippen LogP contribution in [-0.2, 0) is 0 Å². The van der Waals surface area contributed by atoms with Crippen LogP contribution in [0.3, 0.4) is 0 Å². The maximum Gasteiger partial charge on any atom is 0.322 e. The second-order valence-electron chi connectivity index (χ2n) is 6.79. The lowest BCUT2D eigenvalue weighted by Crippen LogP contribution is -3.06. The number of aromatic nitrogens is 3. The van der Waals surface area contributed by atoms with Gasteiger partial charge < -0.3 is 27.8 Å². The lowest BCUT2D eigenvalue weighted by molar-refractivity contribution is -0.787. The van der Waals surface area contributed by atoms with E-state index in [9.17, 15) is 0 Å². The van der Waals surface area contributed by atoms with Crippen LogP contribution < -0.4 is 27.8 Å². The molecule has 0 atom stereocenters. The van der Waals surface area contributed by atoms with E-state index in [0.717, 1.165) is 12.8 Å². The Balaban J connectivity index is 0.00000220. The van der Waals surface area contributed by atoms with Crippen LogP contribution in [0.4, 0.5) is 5.95 Å². The predicted molar refractivity (Wildman–Crippen MR) is 78.1 cm³/mol. The molecule has 21 heavy (non-hydrogen) atoms. The number of nitrogens with two attached hydrogens (primary N) is 1. The second kappa shape index (κ2) is 6.50. The molecule has 6 nitrogen and oxygen atoms in total. The summed E-state index contributed by atoms with van der Waals surface area (Å²) in [6.07, 6.45) is 2.06. The number of nitrogens with zero attached hydrogens (tertiary/aromatic N) is 3. The first-order valence-electron chi connectivity index (χ1n) is 6.78. The Kier molecular flexibility index (Phi) is 5.63. The molecule has 120 valence electrons. The maximum atomic E-state index is 5.87. The van der Waals surface area contributed by atoms with Gasteiger partial charge in [-0.3, -0.25) is 0 Å². The largest absolute Gasteiger partial charge is 1.00 e. The molecule has 8 heteroatoms. The van der Waals surface area contributed by atoms with Gasteiger partial charge >= 0.3 is 6.01 Å². The summed E-state index contributed by atoms with van der Waals surface area (Å²) in [4.78, 5) is 12.2. The minimum atomic E-state index is 0. The van der Waals surface area contributed by atoms with Gasteiger partial charge in [-0.05, 0) is 39.3 Å². The molecule has 0 spiro atoms. The van der Waals surface area contributed by atoms with Crippen LogP contribution in [0.2, 0.25) is 5.28 Å². The number of quaternary nitrogens is 1. The van der Waals surface area contributed by atoms with Crippen molar-refractivity contribution in [2.75, 3.05) is 12.4 Å². The van der Waals surface area contributed by atoms with Crippen LogP contribution in [0.25, 0.3) is 0 Å². The molecule has 3 N–H and O–H groups in total. The van der Waals surface area contributed by atoms with Crippen molar-refractivity contribution in [3.63, 3.8) is 0 Å². The van der Waals surface area contributed by atoms with E-state index < -0.39 is 0 Å². The highest BCUT2D eigenvalue weighted by molar-refractivity contribution is 6.28. The number of methoxy groups -OCH3 is 1. The van der Waals surface area contributed by atoms with Crippen molar-refractivity contribution >= 4 is 17.5 Å². The van der Waals surface area contributed by atoms with E-state index in [4.69, 9.17) is 16.3 Å².